The van der Waals surface area contributed by atoms with Gasteiger partial charge in [-0.3, -0.25) is 4.79 Å². The highest BCUT2D eigenvalue weighted by Crippen LogP contribution is 2.39. The van der Waals surface area contributed by atoms with Gasteiger partial charge in [0.1, 0.15) is 0 Å². The summed E-state index contributed by atoms with van der Waals surface area (Å²) in [5.74, 6) is -0.185. The summed E-state index contributed by atoms with van der Waals surface area (Å²) in [5, 5.41) is 8.83. The maximum atomic E-state index is 12.2. The van der Waals surface area contributed by atoms with E-state index in [-0.39, 0.29) is 18.2 Å². The number of fused-ring (bicyclic) bond motifs is 1. The topological polar surface area (TPSA) is 44.1 Å². The van der Waals surface area contributed by atoms with Gasteiger partial charge in [0.15, 0.2) is 0 Å². The van der Waals surface area contributed by atoms with Crippen molar-refractivity contribution in [2.24, 2.45) is 0 Å². The Morgan fingerprint density at radius 3 is 2.88 bits per heavy atom. The van der Waals surface area contributed by atoms with Crippen LogP contribution in [0, 0.1) is 18.3 Å². The summed E-state index contributed by atoms with van der Waals surface area (Å²) in [4.78, 5) is 14.0. The number of carbonyl (C=O) groups excluding carboxylic acids is 1. The number of aryl methyl sites for hydroxylation is 1. The molecule has 0 fully saturated rings. The lowest BCUT2D eigenvalue weighted by Crippen LogP contribution is -2.29. The molecule has 3 heteroatoms. The molecule has 1 unspecified atom stereocenters. The SMILES string of the molecule is CCCN1C(=O)C(CC#N)c2cc(C)ccc21. The highest BCUT2D eigenvalue weighted by Gasteiger charge is 2.36. The van der Waals surface area contributed by atoms with Crippen molar-refractivity contribution in [1.82, 2.24) is 0 Å². The van der Waals surface area contributed by atoms with Crippen molar-refractivity contribution >= 4 is 11.6 Å². The first kappa shape index (κ1) is 11.7. The highest BCUT2D eigenvalue weighted by atomic mass is 16.2. The van der Waals surface area contributed by atoms with Crippen LogP contribution < -0.4 is 4.90 Å². The highest BCUT2D eigenvalue weighted by molar-refractivity contribution is 6.05. The number of hydrogen-bond acceptors (Lipinski definition) is 2. The normalized spacial score (nSPS) is 18.1. The second kappa shape index (κ2) is 4.58. The predicted molar refractivity (Wildman–Crippen MR) is 66.8 cm³/mol. The van der Waals surface area contributed by atoms with Crippen molar-refractivity contribution in [3.63, 3.8) is 0 Å². The number of nitriles is 1. The number of nitrogens with zero attached hydrogens (tertiary/aromatic N) is 2. The minimum atomic E-state index is -0.263. The van der Waals surface area contributed by atoms with Crippen LogP contribution in [0.3, 0.4) is 0 Å². The first-order valence-electron chi connectivity index (χ1n) is 5.98. The monoisotopic (exact) mass is 228 g/mol. The van der Waals surface area contributed by atoms with Gasteiger partial charge in [-0.05, 0) is 25.0 Å². The second-order valence-corrected chi connectivity index (χ2v) is 4.47. The molecular formula is C14H16N2O. The van der Waals surface area contributed by atoms with Gasteiger partial charge in [0.25, 0.3) is 0 Å². The zero-order valence-corrected chi connectivity index (χ0v) is 10.2. The van der Waals surface area contributed by atoms with Gasteiger partial charge in [-0.1, -0.05) is 24.6 Å². The molecule has 0 spiro atoms. The largest absolute Gasteiger partial charge is 0.312 e. The summed E-state index contributed by atoms with van der Waals surface area (Å²) in [7, 11) is 0. The van der Waals surface area contributed by atoms with Crippen molar-refractivity contribution in [2.75, 3.05) is 11.4 Å². The fraction of sp³-hybridized carbons (Fsp3) is 0.429. The van der Waals surface area contributed by atoms with E-state index in [0.29, 0.717) is 0 Å². The minimum absolute atomic E-state index is 0.0778. The van der Waals surface area contributed by atoms with E-state index in [9.17, 15) is 4.79 Å². The number of amides is 1. The van der Waals surface area contributed by atoms with Crippen LogP contribution in [0.2, 0.25) is 0 Å². The summed E-state index contributed by atoms with van der Waals surface area (Å²) in [6.45, 7) is 4.80. The lowest BCUT2D eigenvalue weighted by molar-refractivity contribution is -0.119. The van der Waals surface area contributed by atoms with Gasteiger partial charge in [0.2, 0.25) is 5.91 Å². The van der Waals surface area contributed by atoms with E-state index in [1.165, 1.54) is 0 Å². The molecule has 3 nitrogen and oxygen atoms in total. The Morgan fingerprint density at radius 1 is 1.47 bits per heavy atom. The Kier molecular flexibility index (Phi) is 3.14. The standard InChI is InChI=1S/C14H16N2O/c1-3-8-16-13-5-4-10(2)9-12(13)11(6-7-15)14(16)17/h4-5,9,11H,3,6,8H2,1-2H3. The van der Waals surface area contributed by atoms with E-state index in [2.05, 4.69) is 13.0 Å². The molecule has 1 heterocycles. The quantitative estimate of drug-likeness (QED) is 0.798. The van der Waals surface area contributed by atoms with Crippen LogP contribution in [0.15, 0.2) is 18.2 Å². The molecular weight excluding hydrogens is 212 g/mol. The number of rotatable bonds is 3. The fourth-order valence-corrected chi connectivity index (χ4v) is 2.38. The third-order valence-corrected chi connectivity index (χ3v) is 3.16. The Balaban J connectivity index is 2.46. The number of anilines is 1. The van der Waals surface area contributed by atoms with E-state index < -0.39 is 0 Å². The van der Waals surface area contributed by atoms with Gasteiger partial charge in [-0.25, -0.2) is 0 Å². The fourth-order valence-electron chi connectivity index (χ4n) is 2.38. The van der Waals surface area contributed by atoms with Crippen molar-refractivity contribution in [1.29, 1.82) is 5.26 Å². The van der Waals surface area contributed by atoms with E-state index in [0.717, 1.165) is 29.8 Å². The molecule has 1 aromatic carbocycles. The second-order valence-electron chi connectivity index (χ2n) is 4.47. The van der Waals surface area contributed by atoms with Crippen LogP contribution in [-0.4, -0.2) is 12.5 Å². The molecule has 0 bridgehead atoms. The first-order valence-corrected chi connectivity index (χ1v) is 5.98. The molecule has 0 radical (unpaired) electrons. The zero-order chi connectivity index (χ0) is 12.4. The molecule has 1 atom stereocenters. The molecule has 0 N–H and O–H groups in total. The maximum Gasteiger partial charge on any atom is 0.235 e. The van der Waals surface area contributed by atoms with Crippen LogP contribution in [-0.2, 0) is 4.79 Å². The van der Waals surface area contributed by atoms with E-state index in [4.69, 9.17) is 5.26 Å². The molecule has 0 aliphatic carbocycles. The molecule has 17 heavy (non-hydrogen) atoms. The molecule has 88 valence electrons. The summed E-state index contributed by atoms with van der Waals surface area (Å²) in [6.07, 6.45) is 1.20. The van der Waals surface area contributed by atoms with Crippen LogP contribution in [0.4, 0.5) is 5.69 Å². The lowest BCUT2D eigenvalue weighted by Gasteiger charge is -2.16. The van der Waals surface area contributed by atoms with Gasteiger partial charge in [0, 0.05) is 12.2 Å². The van der Waals surface area contributed by atoms with E-state index in [1.807, 2.05) is 30.0 Å². The zero-order valence-electron chi connectivity index (χ0n) is 10.2. The average Bonchev–Trinajstić information content (AvgIpc) is 2.55. The van der Waals surface area contributed by atoms with E-state index >= 15 is 0 Å². The summed E-state index contributed by atoms with van der Waals surface area (Å²) < 4.78 is 0. The summed E-state index contributed by atoms with van der Waals surface area (Å²) in [5.41, 5.74) is 3.14. The molecule has 1 aliphatic rings. The molecule has 0 saturated carbocycles. The molecule has 0 aromatic heterocycles. The molecule has 1 amide bonds. The Morgan fingerprint density at radius 2 is 2.24 bits per heavy atom. The molecule has 1 aromatic rings. The van der Waals surface area contributed by atoms with Crippen molar-refractivity contribution < 1.29 is 4.79 Å². The van der Waals surface area contributed by atoms with Crippen LogP contribution in [0.25, 0.3) is 0 Å². The third kappa shape index (κ3) is 1.91. The first-order chi connectivity index (χ1) is 8.19. The van der Waals surface area contributed by atoms with Crippen LogP contribution in [0.5, 0.6) is 0 Å². The van der Waals surface area contributed by atoms with Gasteiger partial charge >= 0.3 is 0 Å². The van der Waals surface area contributed by atoms with Gasteiger partial charge < -0.3 is 4.90 Å². The molecule has 2 rings (SSSR count). The Bertz CT molecular complexity index is 487. The van der Waals surface area contributed by atoms with Crippen LogP contribution in [0.1, 0.15) is 36.8 Å². The average molecular weight is 228 g/mol. The maximum absolute atomic E-state index is 12.2. The number of carbonyl (C=O) groups is 1. The summed E-state index contributed by atoms with van der Waals surface area (Å²) >= 11 is 0. The van der Waals surface area contributed by atoms with Crippen molar-refractivity contribution in [3.8, 4) is 6.07 Å². The summed E-state index contributed by atoms with van der Waals surface area (Å²) in [6, 6.07) is 8.16. The predicted octanol–water partition coefficient (Wildman–Crippen LogP) is 2.75. The smallest absolute Gasteiger partial charge is 0.235 e. The number of benzene rings is 1. The van der Waals surface area contributed by atoms with Gasteiger partial charge in [-0.2, -0.15) is 5.26 Å². The van der Waals surface area contributed by atoms with Gasteiger partial charge in [-0.15, -0.1) is 0 Å². The third-order valence-electron chi connectivity index (χ3n) is 3.16. The molecule has 0 saturated heterocycles. The van der Waals surface area contributed by atoms with Crippen molar-refractivity contribution in [2.45, 2.75) is 32.6 Å². The molecule has 1 aliphatic heterocycles. The Hall–Kier alpha value is -1.82. The van der Waals surface area contributed by atoms with Crippen molar-refractivity contribution in [3.05, 3.63) is 29.3 Å². The van der Waals surface area contributed by atoms with Gasteiger partial charge in [0.05, 0.1) is 18.4 Å². The number of hydrogen-bond donors (Lipinski definition) is 0. The van der Waals surface area contributed by atoms with Crippen LogP contribution >= 0.6 is 0 Å². The lowest BCUT2D eigenvalue weighted by atomic mass is 9.96. The minimum Gasteiger partial charge on any atom is -0.312 e. The van der Waals surface area contributed by atoms with E-state index in [1.54, 1.807) is 0 Å². The Labute approximate surface area is 102 Å².